The summed E-state index contributed by atoms with van der Waals surface area (Å²) in [5, 5.41) is 3.25. The van der Waals surface area contributed by atoms with Crippen molar-refractivity contribution in [1.82, 2.24) is 10.3 Å². The molecule has 0 saturated carbocycles. The standard InChI is InChI=1S/C17H21BrN2O/c1-5-15-16(9-6-11(2)20-15)21-17-10-13(18)7-8-14(17)12(3)19-4/h6-10,12,19H,5H2,1-4H3. The average molecular weight is 349 g/mol. The molecule has 0 saturated heterocycles. The topological polar surface area (TPSA) is 34.1 Å². The highest BCUT2D eigenvalue weighted by Crippen LogP contribution is 2.33. The molecule has 2 aromatic rings. The number of pyridine rings is 1. The van der Waals surface area contributed by atoms with Crippen molar-refractivity contribution in [1.29, 1.82) is 0 Å². The van der Waals surface area contributed by atoms with E-state index in [2.05, 4.69) is 46.1 Å². The summed E-state index contributed by atoms with van der Waals surface area (Å²) in [5.74, 6) is 1.68. The van der Waals surface area contributed by atoms with Gasteiger partial charge in [0.2, 0.25) is 0 Å². The van der Waals surface area contributed by atoms with E-state index in [1.807, 2.05) is 38.2 Å². The van der Waals surface area contributed by atoms with Gasteiger partial charge >= 0.3 is 0 Å². The number of benzene rings is 1. The van der Waals surface area contributed by atoms with Crippen LogP contribution in [0.15, 0.2) is 34.8 Å². The van der Waals surface area contributed by atoms with Crippen LogP contribution in [0.3, 0.4) is 0 Å². The number of nitrogens with zero attached hydrogens (tertiary/aromatic N) is 1. The van der Waals surface area contributed by atoms with Crippen LogP contribution in [0.4, 0.5) is 0 Å². The van der Waals surface area contributed by atoms with Crippen LogP contribution in [-0.4, -0.2) is 12.0 Å². The smallest absolute Gasteiger partial charge is 0.148 e. The number of halogens is 1. The van der Waals surface area contributed by atoms with Crippen LogP contribution >= 0.6 is 15.9 Å². The van der Waals surface area contributed by atoms with E-state index in [-0.39, 0.29) is 6.04 Å². The Hall–Kier alpha value is -1.39. The molecular formula is C17H21BrN2O. The molecule has 0 aliphatic heterocycles. The van der Waals surface area contributed by atoms with Gasteiger partial charge in [0.1, 0.15) is 11.5 Å². The van der Waals surface area contributed by atoms with Crippen molar-refractivity contribution < 1.29 is 4.74 Å². The zero-order valence-corrected chi connectivity index (χ0v) is 14.5. The molecule has 1 N–H and O–H groups in total. The molecule has 0 aliphatic carbocycles. The molecule has 0 aliphatic rings. The van der Waals surface area contributed by atoms with Crippen LogP contribution < -0.4 is 10.1 Å². The lowest BCUT2D eigenvalue weighted by atomic mass is 10.1. The summed E-state index contributed by atoms with van der Waals surface area (Å²) in [6.07, 6.45) is 0.849. The monoisotopic (exact) mass is 348 g/mol. The number of aryl methyl sites for hydroxylation is 2. The summed E-state index contributed by atoms with van der Waals surface area (Å²) in [5.41, 5.74) is 3.12. The molecule has 1 atom stereocenters. The van der Waals surface area contributed by atoms with Crippen molar-refractivity contribution in [3.63, 3.8) is 0 Å². The highest BCUT2D eigenvalue weighted by molar-refractivity contribution is 9.10. The summed E-state index contributed by atoms with van der Waals surface area (Å²) in [6, 6.07) is 10.3. The van der Waals surface area contributed by atoms with E-state index in [1.165, 1.54) is 0 Å². The van der Waals surface area contributed by atoms with Crippen LogP contribution in [-0.2, 0) is 6.42 Å². The van der Waals surface area contributed by atoms with Crippen molar-refractivity contribution in [2.75, 3.05) is 7.05 Å². The van der Waals surface area contributed by atoms with Gasteiger partial charge in [-0.3, -0.25) is 4.98 Å². The molecule has 1 aromatic carbocycles. The first-order valence-corrected chi connectivity index (χ1v) is 7.95. The lowest BCUT2D eigenvalue weighted by Gasteiger charge is -2.18. The number of hydrogen-bond acceptors (Lipinski definition) is 3. The van der Waals surface area contributed by atoms with E-state index in [0.717, 1.165) is 39.3 Å². The van der Waals surface area contributed by atoms with Crippen LogP contribution in [0.5, 0.6) is 11.5 Å². The quantitative estimate of drug-likeness (QED) is 0.843. The van der Waals surface area contributed by atoms with E-state index < -0.39 is 0 Å². The molecule has 1 unspecified atom stereocenters. The van der Waals surface area contributed by atoms with Gasteiger partial charge in [0.05, 0.1) is 5.69 Å². The molecule has 0 bridgehead atoms. The first kappa shape index (κ1) is 16.0. The number of hydrogen-bond donors (Lipinski definition) is 1. The zero-order chi connectivity index (χ0) is 15.4. The Morgan fingerprint density at radius 1 is 1.24 bits per heavy atom. The Labute approximate surface area is 134 Å². The third kappa shape index (κ3) is 3.83. The zero-order valence-electron chi connectivity index (χ0n) is 12.9. The summed E-state index contributed by atoms with van der Waals surface area (Å²) in [6.45, 7) is 6.20. The third-order valence-corrected chi connectivity index (χ3v) is 3.99. The first-order valence-electron chi connectivity index (χ1n) is 7.16. The molecule has 3 nitrogen and oxygen atoms in total. The van der Waals surface area contributed by atoms with Gasteiger partial charge in [0.25, 0.3) is 0 Å². The minimum absolute atomic E-state index is 0.219. The Bertz CT molecular complexity index is 628. The molecule has 1 heterocycles. The number of nitrogens with one attached hydrogen (secondary N) is 1. The van der Waals surface area contributed by atoms with Gasteiger partial charge in [-0.1, -0.05) is 28.9 Å². The number of aromatic nitrogens is 1. The molecule has 1 aromatic heterocycles. The maximum Gasteiger partial charge on any atom is 0.148 e. The van der Waals surface area contributed by atoms with E-state index >= 15 is 0 Å². The maximum absolute atomic E-state index is 6.16. The molecule has 0 fully saturated rings. The summed E-state index contributed by atoms with van der Waals surface area (Å²) < 4.78 is 7.16. The first-order chi connectivity index (χ1) is 10.0. The van der Waals surface area contributed by atoms with Crippen molar-refractivity contribution in [2.45, 2.75) is 33.2 Å². The van der Waals surface area contributed by atoms with Gasteiger partial charge in [0.15, 0.2) is 0 Å². The SMILES string of the molecule is CCc1nc(C)ccc1Oc1cc(Br)ccc1C(C)NC. The second-order valence-electron chi connectivity index (χ2n) is 5.05. The van der Waals surface area contributed by atoms with Gasteiger partial charge in [-0.15, -0.1) is 0 Å². The Kier molecular flexibility index (Phi) is 5.37. The molecule has 0 spiro atoms. The normalized spacial score (nSPS) is 12.2. The average Bonchev–Trinajstić information content (AvgIpc) is 2.48. The maximum atomic E-state index is 6.16. The fourth-order valence-electron chi connectivity index (χ4n) is 2.17. The fraction of sp³-hybridized carbons (Fsp3) is 0.353. The summed E-state index contributed by atoms with van der Waals surface area (Å²) >= 11 is 3.51. The van der Waals surface area contributed by atoms with Crippen molar-refractivity contribution >= 4 is 15.9 Å². The summed E-state index contributed by atoms with van der Waals surface area (Å²) in [4.78, 5) is 4.55. The lowest BCUT2D eigenvalue weighted by Crippen LogP contribution is -2.13. The van der Waals surface area contributed by atoms with Crippen LogP contribution in [0, 0.1) is 6.92 Å². The Morgan fingerprint density at radius 3 is 2.67 bits per heavy atom. The van der Waals surface area contributed by atoms with Gasteiger partial charge in [-0.25, -0.2) is 0 Å². The lowest BCUT2D eigenvalue weighted by molar-refractivity contribution is 0.457. The third-order valence-electron chi connectivity index (χ3n) is 3.50. The number of rotatable bonds is 5. The number of ether oxygens (including phenoxy) is 1. The van der Waals surface area contributed by atoms with E-state index in [0.29, 0.717) is 0 Å². The highest BCUT2D eigenvalue weighted by atomic mass is 79.9. The van der Waals surface area contributed by atoms with Gasteiger partial charge in [-0.2, -0.15) is 0 Å². The van der Waals surface area contributed by atoms with Crippen LogP contribution in [0.25, 0.3) is 0 Å². The molecule has 112 valence electrons. The fourth-order valence-corrected chi connectivity index (χ4v) is 2.51. The minimum atomic E-state index is 0.219. The van der Waals surface area contributed by atoms with Crippen LogP contribution in [0.2, 0.25) is 0 Å². The second-order valence-corrected chi connectivity index (χ2v) is 5.96. The van der Waals surface area contributed by atoms with Gasteiger partial charge < -0.3 is 10.1 Å². The van der Waals surface area contributed by atoms with Gasteiger partial charge in [-0.05, 0) is 51.6 Å². The van der Waals surface area contributed by atoms with Crippen LogP contribution in [0.1, 0.15) is 36.8 Å². The van der Waals surface area contributed by atoms with Crippen molar-refractivity contribution in [2.24, 2.45) is 0 Å². The second kappa shape index (κ2) is 7.05. The van der Waals surface area contributed by atoms with Gasteiger partial charge in [0, 0.05) is 21.8 Å². The molecule has 2 rings (SSSR count). The van der Waals surface area contributed by atoms with E-state index in [1.54, 1.807) is 0 Å². The Balaban J connectivity index is 2.41. The molecule has 0 radical (unpaired) electrons. The minimum Gasteiger partial charge on any atom is -0.455 e. The molecule has 0 amide bonds. The predicted molar refractivity (Wildman–Crippen MR) is 90.0 cm³/mol. The van der Waals surface area contributed by atoms with Crippen molar-refractivity contribution in [3.05, 3.63) is 51.8 Å². The largest absolute Gasteiger partial charge is 0.455 e. The van der Waals surface area contributed by atoms with Crippen molar-refractivity contribution in [3.8, 4) is 11.5 Å². The van der Waals surface area contributed by atoms with E-state index in [9.17, 15) is 0 Å². The highest BCUT2D eigenvalue weighted by Gasteiger charge is 2.13. The van der Waals surface area contributed by atoms with E-state index in [4.69, 9.17) is 4.74 Å². The summed E-state index contributed by atoms with van der Waals surface area (Å²) in [7, 11) is 1.95. The molecular weight excluding hydrogens is 328 g/mol. The Morgan fingerprint density at radius 2 is 2.00 bits per heavy atom. The molecule has 4 heteroatoms. The molecule has 21 heavy (non-hydrogen) atoms. The predicted octanol–water partition coefficient (Wildman–Crippen LogP) is 4.79.